The molecule has 4 nitrogen and oxygen atoms in total. The second-order valence-electron chi connectivity index (χ2n) is 8.85. The van der Waals surface area contributed by atoms with Gasteiger partial charge in [-0.05, 0) is 36.4 Å². The summed E-state index contributed by atoms with van der Waals surface area (Å²) >= 11 is 0. The van der Waals surface area contributed by atoms with Gasteiger partial charge in [-0.1, -0.05) is 117 Å². The average Bonchev–Trinajstić information content (AvgIpc) is 3.02. The SMILES string of the molecule is C.O=P(c1cccc(-c2ccccc2)n1)(c1cccc(-c2ccccc2)n1)c1cccc(-c2ccccc2)n1. The fourth-order valence-corrected chi connectivity index (χ4v) is 6.79. The fraction of sp³-hybridized carbons (Fsp3) is 0.0294. The summed E-state index contributed by atoms with van der Waals surface area (Å²) < 4.78 is 15.4. The van der Waals surface area contributed by atoms with Gasteiger partial charge in [0.25, 0.3) is 0 Å². The third-order valence-electron chi connectivity index (χ3n) is 6.38. The summed E-state index contributed by atoms with van der Waals surface area (Å²) in [6, 6.07) is 46.7. The lowest BCUT2D eigenvalue weighted by molar-refractivity contribution is 0.591. The van der Waals surface area contributed by atoms with Crippen molar-refractivity contribution in [2.75, 3.05) is 0 Å². The van der Waals surface area contributed by atoms with Crippen molar-refractivity contribution in [3.05, 3.63) is 146 Å². The Morgan fingerprint density at radius 3 is 0.923 bits per heavy atom. The van der Waals surface area contributed by atoms with Crippen LogP contribution in [0.5, 0.6) is 0 Å². The first kappa shape index (κ1) is 26.0. The molecule has 6 aromatic rings. The Morgan fingerprint density at radius 1 is 0.359 bits per heavy atom. The van der Waals surface area contributed by atoms with E-state index in [0.29, 0.717) is 16.3 Å². The monoisotopic (exact) mass is 525 g/mol. The number of pyridine rings is 3. The van der Waals surface area contributed by atoms with E-state index >= 15 is 4.57 Å². The summed E-state index contributed by atoms with van der Waals surface area (Å²) in [4.78, 5) is 14.8. The fourth-order valence-electron chi connectivity index (χ4n) is 4.46. The lowest BCUT2D eigenvalue weighted by Gasteiger charge is -2.19. The second-order valence-corrected chi connectivity index (χ2v) is 11.4. The molecular formula is C34H28N3OP. The molecule has 0 saturated carbocycles. The van der Waals surface area contributed by atoms with E-state index in [9.17, 15) is 0 Å². The van der Waals surface area contributed by atoms with Crippen LogP contribution in [0.25, 0.3) is 33.8 Å². The van der Waals surface area contributed by atoms with Crippen molar-refractivity contribution in [3.8, 4) is 33.8 Å². The van der Waals surface area contributed by atoms with Gasteiger partial charge in [0.05, 0.1) is 17.1 Å². The molecule has 3 aromatic heterocycles. The molecule has 0 saturated heterocycles. The van der Waals surface area contributed by atoms with Gasteiger partial charge in [-0.3, -0.25) is 0 Å². The molecule has 6 rings (SSSR count). The number of nitrogens with zero attached hydrogens (tertiary/aromatic N) is 3. The lowest BCUT2D eigenvalue weighted by Crippen LogP contribution is -2.31. The van der Waals surface area contributed by atoms with E-state index in [0.717, 1.165) is 33.8 Å². The average molecular weight is 526 g/mol. The number of hydrogen-bond acceptors (Lipinski definition) is 4. The van der Waals surface area contributed by atoms with Crippen molar-refractivity contribution < 1.29 is 4.57 Å². The molecule has 0 unspecified atom stereocenters. The van der Waals surface area contributed by atoms with Gasteiger partial charge in [-0.2, -0.15) is 0 Å². The Hall–Kier alpha value is -4.66. The first-order valence-electron chi connectivity index (χ1n) is 12.4. The van der Waals surface area contributed by atoms with Crippen LogP contribution in [0.3, 0.4) is 0 Å². The van der Waals surface area contributed by atoms with Crippen LogP contribution >= 0.6 is 7.14 Å². The van der Waals surface area contributed by atoms with Gasteiger partial charge >= 0.3 is 0 Å². The molecule has 3 aromatic carbocycles. The van der Waals surface area contributed by atoms with Crippen LogP contribution in [0.15, 0.2) is 146 Å². The van der Waals surface area contributed by atoms with E-state index in [1.165, 1.54) is 0 Å². The lowest BCUT2D eigenvalue weighted by atomic mass is 10.1. The highest BCUT2D eigenvalue weighted by Crippen LogP contribution is 2.41. The third kappa shape index (κ3) is 5.20. The molecule has 0 fully saturated rings. The molecule has 190 valence electrons. The summed E-state index contributed by atoms with van der Waals surface area (Å²) in [6.45, 7) is 0. The van der Waals surface area contributed by atoms with Crippen LogP contribution in [-0.4, -0.2) is 15.0 Å². The zero-order valence-corrected chi connectivity index (χ0v) is 21.4. The Labute approximate surface area is 229 Å². The normalized spacial score (nSPS) is 11.0. The summed E-state index contributed by atoms with van der Waals surface area (Å²) in [6.07, 6.45) is 0. The molecule has 0 aliphatic carbocycles. The highest BCUT2D eigenvalue weighted by atomic mass is 31.2. The van der Waals surface area contributed by atoms with Crippen LogP contribution in [-0.2, 0) is 4.57 Å². The number of hydrogen-bond donors (Lipinski definition) is 0. The molecule has 0 bridgehead atoms. The highest BCUT2D eigenvalue weighted by molar-refractivity contribution is 7.84. The van der Waals surface area contributed by atoms with Crippen LogP contribution in [0.1, 0.15) is 7.43 Å². The first-order chi connectivity index (χ1) is 18.7. The Morgan fingerprint density at radius 2 is 0.641 bits per heavy atom. The number of benzene rings is 3. The predicted molar refractivity (Wildman–Crippen MR) is 162 cm³/mol. The van der Waals surface area contributed by atoms with E-state index in [1.54, 1.807) is 0 Å². The van der Waals surface area contributed by atoms with Gasteiger partial charge in [0.2, 0.25) is 7.14 Å². The quantitative estimate of drug-likeness (QED) is 0.217. The van der Waals surface area contributed by atoms with E-state index in [-0.39, 0.29) is 7.43 Å². The molecule has 0 amide bonds. The Balaban J connectivity index is 0.00000308. The van der Waals surface area contributed by atoms with Gasteiger partial charge < -0.3 is 4.57 Å². The van der Waals surface area contributed by atoms with Crippen molar-refractivity contribution in [2.24, 2.45) is 0 Å². The summed E-state index contributed by atoms with van der Waals surface area (Å²) in [5.74, 6) is 0. The van der Waals surface area contributed by atoms with E-state index in [2.05, 4.69) is 0 Å². The Bertz CT molecular complexity index is 1530. The maximum atomic E-state index is 15.4. The smallest absolute Gasteiger partial charge is 0.223 e. The van der Waals surface area contributed by atoms with Gasteiger partial charge in [-0.25, -0.2) is 15.0 Å². The molecule has 3 heterocycles. The number of rotatable bonds is 6. The van der Waals surface area contributed by atoms with Crippen LogP contribution in [0.4, 0.5) is 0 Å². The molecule has 39 heavy (non-hydrogen) atoms. The van der Waals surface area contributed by atoms with Crippen LogP contribution in [0, 0.1) is 0 Å². The van der Waals surface area contributed by atoms with Crippen molar-refractivity contribution in [1.29, 1.82) is 0 Å². The summed E-state index contributed by atoms with van der Waals surface area (Å²) in [7, 11) is -3.55. The molecule has 0 aliphatic rings. The molecular weight excluding hydrogens is 497 g/mol. The highest BCUT2D eigenvalue weighted by Gasteiger charge is 2.35. The van der Waals surface area contributed by atoms with Crippen molar-refractivity contribution in [3.63, 3.8) is 0 Å². The maximum Gasteiger partial charge on any atom is 0.223 e. The van der Waals surface area contributed by atoms with Crippen LogP contribution < -0.4 is 16.3 Å². The zero-order chi connectivity index (χ0) is 25.8. The largest absolute Gasteiger partial charge is 0.304 e. The third-order valence-corrected chi connectivity index (χ3v) is 9.06. The van der Waals surface area contributed by atoms with E-state index in [1.807, 2.05) is 146 Å². The topological polar surface area (TPSA) is 55.7 Å². The van der Waals surface area contributed by atoms with Gasteiger partial charge in [0.1, 0.15) is 16.3 Å². The molecule has 5 heteroatoms. The van der Waals surface area contributed by atoms with Gasteiger partial charge in [0, 0.05) is 16.7 Å². The van der Waals surface area contributed by atoms with E-state index in [4.69, 9.17) is 15.0 Å². The van der Waals surface area contributed by atoms with Crippen molar-refractivity contribution in [1.82, 2.24) is 15.0 Å². The van der Waals surface area contributed by atoms with Gasteiger partial charge in [0.15, 0.2) is 0 Å². The molecule has 0 N–H and O–H groups in total. The summed E-state index contributed by atoms with van der Waals surface area (Å²) in [5.41, 5.74) is 6.48. The van der Waals surface area contributed by atoms with Crippen molar-refractivity contribution in [2.45, 2.75) is 7.43 Å². The van der Waals surface area contributed by atoms with Gasteiger partial charge in [-0.15, -0.1) is 0 Å². The number of aromatic nitrogens is 3. The van der Waals surface area contributed by atoms with Crippen molar-refractivity contribution >= 4 is 23.4 Å². The maximum absolute atomic E-state index is 15.4. The van der Waals surface area contributed by atoms with Crippen LogP contribution in [0.2, 0.25) is 0 Å². The predicted octanol–water partition coefficient (Wildman–Crippen LogP) is 7.15. The standard InChI is InChI=1S/C33H24N3OP.CH4/c37-38(31-22-10-19-28(34-31)25-13-4-1-5-14-25,32-23-11-20-29(35-32)26-15-6-2-7-16-26)33-24-12-21-30(36-33)27-17-8-3-9-18-27;/h1-24H;1H4. The molecule has 0 atom stereocenters. The minimum atomic E-state index is -3.55. The Kier molecular flexibility index (Phi) is 7.58. The zero-order valence-electron chi connectivity index (χ0n) is 20.6. The molecule has 0 aliphatic heterocycles. The first-order valence-corrected chi connectivity index (χ1v) is 14.1. The minimum absolute atomic E-state index is 0. The second kappa shape index (κ2) is 11.4. The summed E-state index contributed by atoms with van der Waals surface area (Å²) in [5, 5.41) is 0. The minimum Gasteiger partial charge on any atom is -0.304 e. The van der Waals surface area contributed by atoms with E-state index < -0.39 is 7.14 Å². The molecule has 0 spiro atoms. The molecule has 0 radical (unpaired) electrons.